The number of anilines is 3. The molecule has 2 heterocycles. The first-order valence-corrected chi connectivity index (χ1v) is 20.3. The molecule has 0 bridgehead atoms. The molecule has 0 spiro atoms. The maximum atomic E-state index is 2.48. The van der Waals surface area contributed by atoms with Crippen LogP contribution in [-0.2, 0) is 0 Å². The van der Waals surface area contributed by atoms with E-state index in [0.29, 0.717) is 0 Å². The fourth-order valence-electron chi connectivity index (χ4n) is 8.29. The van der Waals surface area contributed by atoms with E-state index in [-0.39, 0.29) is 0 Å². The van der Waals surface area contributed by atoms with Crippen molar-refractivity contribution in [2.24, 2.45) is 0 Å². The van der Waals surface area contributed by atoms with Gasteiger partial charge in [-0.1, -0.05) is 164 Å². The molecule has 0 aliphatic rings. The molecule has 0 fully saturated rings. The van der Waals surface area contributed by atoms with Gasteiger partial charge in [0.15, 0.2) is 0 Å². The average molecular weight is 736 g/mol. The first kappa shape index (κ1) is 32.0. The van der Waals surface area contributed by atoms with Gasteiger partial charge in [0, 0.05) is 46.7 Å². The molecular weight excluding hydrogens is 703 g/mol. The second-order valence-electron chi connectivity index (χ2n) is 14.0. The lowest BCUT2D eigenvalue weighted by atomic mass is 9.96. The van der Waals surface area contributed by atoms with Crippen molar-refractivity contribution in [1.29, 1.82) is 0 Å². The standard InChI is InChI=1S/C52H33NS2/c1-3-13-35(14-4-1)39-31-32-47(42-18-8-7-17-41(39)42)53(38-28-25-34(26-29-38)37-27-30-44-43-19-9-10-24-49(43)54-50(44)33-37)48-23-12-22-46-45-21-11-20-40(51(45)55-52(46)48)36-15-5-2-6-16-36/h1-33H. The van der Waals surface area contributed by atoms with Crippen LogP contribution in [0.15, 0.2) is 200 Å². The monoisotopic (exact) mass is 735 g/mol. The molecule has 0 unspecified atom stereocenters. The molecule has 0 aliphatic carbocycles. The Labute approximate surface area is 327 Å². The Bertz CT molecular complexity index is 3190. The van der Waals surface area contributed by atoms with Crippen molar-refractivity contribution in [3.05, 3.63) is 200 Å². The second-order valence-corrected chi connectivity index (χ2v) is 16.1. The van der Waals surface area contributed by atoms with Crippen LogP contribution in [-0.4, -0.2) is 0 Å². The van der Waals surface area contributed by atoms with Gasteiger partial charge in [-0.15, -0.1) is 22.7 Å². The van der Waals surface area contributed by atoms with Crippen LogP contribution in [0, 0.1) is 0 Å². The minimum Gasteiger partial charge on any atom is -0.308 e. The molecule has 0 saturated carbocycles. The maximum absolute atomic E-state index is 2.48. The Kier molecular flexibility index (Phi) is 7.61. The Morgan fingerprint density at radius 1 is 0.291 bits per heavy atom. The van der Waals surface area contributed by atoms with Crippen LogP contribution in [0.2, 0.25) is 0 Å². The van der Waals surface area contributed by atoms with Gasteiger partial charge in [-0.2, -0.15) is 0 Å². The fourth-order valence-corrected chi connectivity index (χ4v) is 10.8. The summed E-state index contributed by atoms with van der Waals surface area (Å²) in [7, 11) is 0. The van der Waals surface area contributed by atoms with E-state index >= 15 is 0 Å². The van der Waals surface area contributed by atoms with Gasteiger partial charge in [0.25, 0.3) is 0 Å². The summed E-state index contributed by atoms with van der Waals surface area (Å²) in [6, 6.07) is 73.3. The van der Waals surface area contributed by atoms with Crippen molar-refractivity contribution >= 4 is 90.9 Å². The first-order chi connectivity index (χ1) is 27.3. The number of benzene rings is 9. The zero-order valence-corrected chi connectivity index (χ0v) is 31.4. The maximum Gasteiger partial charge on any atom is 0.0640 e. The molecule has 0 N–H and O–H groups in total. The SMILES string of the molecule is c1ccc(-c2ccc(N(c3ccc(-c4ccc5c(c4)sc4ccccc45)cc3)c3cccc4c3sc3c(-c5ccccc5)cccc34)c3ccccc23)cc1. The highest BCUT2D eigenvalue weighted by atomic mass is 32.1. The van der Waals surface area contributed by atoms with Crippen LogP contribution in [0.1, 0.15) is 0 Å². The molecule has 1 nitrogen and oxygen atoms in total. The van der Waals surface area contributed by atoms with Crippen molar-refractivity contribution in [2.45, 2.75) is 0 Å². The highest BCUT2D eigenvalue weighted by molar-refractivity contribution is 7.27. The van der Waals surface area contributed by atoms with E-state index in [9.17, 15) is 0 Å². The number of thiophene rings is 2. The third-order valence-corrected chi connectivity index (χ3v) is 13.3. The summed E-state index contributed by atoms with van der Waals surface area (Å²) in [5, 5.41) is 7.67. The topological polar surface area (TPSA) is 3.24 Å². The Hall–Kier alpha value is -6.52. The highest BCUT2D eigenvalue weighted by Gasteiger charge is 2.22. The predicted molar refractivity (Wildman–Crippen MR) is 241 cm³/mol. The molecule has 11 aromatic rings. The average Bonchev–Trinajstić information content (AvgIpc) is 3.83. The quantitative estimate of drug-likeness (QED) is 0.164. The lowest BCUT2D eigenvalue weighted by molar-refractivity contribution is 1.32. The van der Waals surface area contributed by atoms with Crippen molar-refractivity contribution in [2.75, 3.05) is 4.90 Å². The summed E-state index contributed by atoms with van der Waals surface area (Å²) in [6.45, 7) is 0. The van der Waals surface area contributed by atoms with E-state index < -0.39 is 0 Å². The Morgan fingerprint density at radius 2 is 0.891 bits per heavy atom. The lowest BCUT2D eigenvalue weighted by Crippen LogP contribution is -2.10. The van der Waals surface area contributed by atoms with Crippen LogP contribution < -0.4 is 4.90 Å². The largest absolute Gasteiger partial charge is 0.308 e. The molecule has 0 saturated heterocycles. The van der Waals surface area contributed by atoms with Crippen molar-refractivity contribution in [1.82, 2.24) is 0 Å². The van der Waals surface area contributed by atoms with E-state index in [4.69, 9.17) is 0 Å². The summed E-state index contributed by atoms with van der Waals surface area (Å²) in [5.41, 5.74) is 10.9. The van der Waals surface area contributed by atoms with Gasteiger partial charge >= 0.3 is 0 Å². The van der Waals surface area contributed by atoms with Crippen molar-refractivity contribution < 1.29 is 0 Å². The van der Waals surface area contributed by atoms with Gasteiger partial charge in [0.2, 0.25) is 0 Å². The van der Waals surface area contributed by atoms with E-state index in [1.807, 2.05) is 22.7 Å². The Morgan fingerprint density at radius 3 is 1.67 bits per heavy atom. The lowest BCUT2D eigenvalue weighted by Gasteiger charge is -2.28. The summed E-state index contributed by atoms with van der Waals surface area (Å²) >= 11 is 3.76. The molecule has 9 aromatic carbocycles. The van der Waals surface area contributed by atoms with Crippen LogP contribution in [0.25, 0.3) is 84.5 Å². The van der Waals surface area contributed by atoms with Gasteiger partial charge in [0.05, 0.1) is 16.1 Å². The molecule has 258 valence electrons. The molecule has 2 aromatic heterocycles. The van der Waals surface area contributed by atoms with E-state index in [2.05, 4.69) is 205 Å². The minimum atomic E-state index is 1.12. The minimum absolute atomic E-state index is 1.12. The summed E-state index contributed by atoms with van der Waals surface area (Å²) in [4.78, 5) is 2.48. The molecule has 11 rings (SSSR count). The van der Waals surface area contributed by atoms with E-state index in [1.165, 1.54) is 90.2 Å². The summed E-state index contributed by atoms with van der Waals surface area (Å²) in [6.07, 6.45) is 0. The molecule has 55 heavy (non-hydrogen) atoms. The molecule has 0 radical (unpaired) electrons. The van der Waals surface area contributed by atoms with Crippen molar-refractivity contribution in [3.8, 4) is 33.4 Å². The van der Waals surface area contributed by atoms with E-state index in [0.717, 1.165) is 11.4 Å². The normalized spacial score (nSPS) is 11.6. The van der Waals surface area contributed by atoms with Crippen LogP contribution in [0.3, 0.4) is 0 Å². The van der Waals surface area contributed by atoms with Gasteiger partial charge in [-0.25, -0.2) is 0 Å². The number of rotatable bonds is 6. The van der Waals surface area contributed by atoms with Crippen LogP contribution in [0.5, 0.6) is 0 Å². The summed E-state index contributed by atoms with van der Waals surface area (Å²) < 4.78 is 5.24. The second kappa shape index (κ2) is 13.1. The molecule has 3 heteroatoms. The number of nitrogens with zero attached hydrogens (tertiary/aromatic N) is 1. The number of fused-ring (bicyclic) bond motifs is 7. The van der Waals surface area contributed by atoms with Gasteiger partial charge < -0.3 is 4.90 Å². The molecule has 0 aliphatic heterocycles. The third-order valence-electron chi connectivity index (χ3n) is 10.9. The first-order valence-electron chi connectivity index (χ1n) is 18.7. The molecular formula is C52H33NS2. The highest BCUT2D eigenvalue weighted by Crippen LogP contribution is 2.49. The third kappa shape index (κ3) is 5.35. The Balaban J connectivity index is 1.12. The fraction of sp³-hybridized carbons (Fsp3) is 0. The number of hydrogen-bond acceptors (Lipinski definition) is 3. The summed E-state index contributed by atoms with van der Waals surface area (Å²) in [5.74, 6) is 0. The molecule has 0 atom stereocenters. The van der Waals surface area contributed by atoms with Gasteiger partial charge in [0.1, 0.15) is 0 Å². The number of hydrogen-bond donors (Lipinski definition) is 0. The smallest absolute Gasteiger partial charge is 0.0640 e. The predicted octanol–water partition coefficient (Wildman–Crippen LogP) is 16.0. The van der Waals surface area contributed by atoms with Gasteiger partial charge in [-0.05, 0) is 75.2 Å². The zero-order chi connectivity index (χ0) is 36.3. The van der Waals surface area contributed by atoms with Crippen LogP contribution >= 0.6 is 22.7 Å². The van der Waals surface area contributed by atoms with E-state index in [1.54, 1.807) is 0 Å². The zero-order valence-electron chi connectivity index (χ0n) is 29.8. The van der Waals surface area contributed by atoms with Crippen molar-refractivity contribution in [3.63, 3.8) is 0 Å². The van der Waals surface area contributed by atoms with Crippen LogP contribution in [0.4, 0.5) is 17.1 Å². The van der Waals surface area contributed by atoms with Gasteiger partial charge in [-0.3, -0.25) is 0 Å². The molecule has 0 amide bonds.